The predicted molar refractivity (Wildman–Crippen MR) is 96.9 cm³/mol. The molecule has 0 bridgehead atoms. The first-order valence-corrected chi connectivity index (χ1v) is 9.44. The van der Waals surface area contributed by atoms with Crippen LogP contribution < -0.4 is 16.2 Å². The minimum atomic E-state index is -0.397. The lowest BCUT2D eigenvalue weighted by molar-refractivity contribution is -0.121. The number of nitrogens with zero attached hydrogens (tertiary/aromatic N) is 1. The Labute approximate surface area is 155 Å². The molecular weight excluding hydrogens is 416 g/mol. The fourth-order valence-corrected chi connectivity index (χ4v) is 3.52. The van der Waals surface area contributed by atoms with E-state index in [1.165, 1.54) is 22.7 Å². The summed E-state index contributed by atoms with van der Waals surface area (Å²) in [7, 11) is 0. The fourth-order valence-electron chi connectivity index (χ4n) is 1.53. The zero-order valence-electron chi connectivity index (χ0n) is 12.9. The lowest BCUT2D eigenvalue weighted by Crippen LogP contribution is -2.42. The van der Waals surface area contributed by atoms with Crippen molar-refractivity contribution in [3.8, 4) is 0 Å². The molecule has 128 valence electrons. The number of aromatic nitrogens is 1. The van der Waals surface area contributed by atoms with Gasteiger partial charge in [0.05, 0.1) is 20.8 Å². The third kappa shape index (κ3) is 5.39. The van der Waals surface area contributed by atoms with Gasteiger partial charge in [-0.15, -0.1) is 22.7 Å². The van der Waals surface area contributed by atoms with E-state index in [2.05, 4.69) is 37.1 Å². The number of hydrazine groups is 1. The molecule has 0 radical (unpaired) electrons. The minimum Gasteiger partial charge on any atom is -0.302 e. The van der Waals surface area contributed by atoms with Gasteiger partial charge in [0, 0.05) is 11.3 Å². The van der Waals surface area contributed by atoms with E-state index in [4.69, 9.17) is 0 Å². The molecule has 7 nitrogen and oxygen atoms in total. The number of amides is 3. The molecule has 0 aliphatic carbocycles. The summed E-state index contributed by atoms with van der Waals surface area (Å²) in [5.41, 5.74) is 5.20. The van der Waals surface area contributed by atoms with Crippen LogP contribution in [-0.2, 0) is 16.0 Å². The number of halogens is 1. The van der Waals surface area contributed by atoms with Crippen molar-refractivity contribution >= 4 is 61.5 Å². The highest BCUT2D eigenvalue weighted by Gasteiger charge is 2.13. The van der Waals surface area contributed by atoms with E-state index in [-0.39, 0.29) is 24.2 Å². The van der Waals surface area contributed by atoms with Crippen molar-refractivity contribution in [3.05, 3.63) is 31.9 Å². The molecule has 0 saturated carbocycles. The molecule has 0 saturated heterocycles. The molecule has 0 aromatic carbocycles. The van der Waals surface area contributed by atoms with Crippen LogP contribution in [-0.4, -0.2) is 22.7 Å². The summed E-state index contributed by atoms with van der Waals surface area (Å²) in [4.78, 5) is 39.9. The van der Waals surface area contributed by atoms with Gasteiger partial charge in [0.15, 0.2) is 5.13 Å². The predicted octanol–water partition coefficient (Wildman–Crippen LogP) is 2.57. The molecule has 2 heterocycles. The first kappa shape index (κ1) is 18.6. The lowest BCUT2D eigenvalue weighted by atomic mass is 10.2. The summed E-state index contributed by atoms with van der Waals surface area (Å²) >= 11 is 5.78. The zero-order valence-corrected chi connectivity index (χ0v) is 16.1. The van der Waals surface area contributed by atoms with Crippen LogP contribution >= 0.6 is 38.6 Å². The first-order valence-electron chi connectivity index (χ1n) is 6.95. The molecule has 2 rings (SSSR count). The second-order valence-corrected chi connectivity index (χ2v) is 8.39. The molecule has 3 N–H and O–H groups in total. The lowest BCUT2D eigenvalue weighted by Gasteiger charge is -2.05. The van der Waals surface area contributed by atoms with Crippen molar-refractivity contribution in [2.24, 2.45) is 5.92 Å². The number of rotatable bonds is 5. The van der Waals surface area contributed by atoms with Gasteiger partial charge in [-0.1, -0.05) is 13.8 Å². The normalized spacial score (nSPS) is 10.5. The Bertz CT molecular complexity index is 757. The molecule has 0 aliphatic rings. The van der Waals surface area contributed by atoms with E-state index >= 15 is 0 Å². The zero-order chi connectivity index (χ0) is 17.7. The van der Waals surface area contributed by atoms with E-state index in [1.807, 2.05) is 0 Å². The van der Waals surface area contributed by atoms with Crippen LogP contribution in [0.15, 0.2) is 21.3 Å². The van der Waals surface area contributed by atoms with Crippen LogP contribution in [0.4, 0.5) is 5.13 Å². The highest BCUT2D eigenvalue weighted by atomic mass is 79.9. The maximum absolute atomic E-state index is 11.8. The van der Waals surface area contributed by atoms with Crippen LogP contribution in [0.2, 0.25) is 0 Å². The van der Waals surface area contributed by atoms with Gasteiger partial charge in [-0.3, -0.25) is 25.2 Å². The van der Waals surface area contributed by atoms with Gasteiger partial charge in [-0.05, 0) is 28.1 Å². The summed E-state index contributed by atoms with van der Waals surface area (Å²) in [6.07, 6.45) is 0.00244. The Balaban J connectivity index is 1.81. The van der Waals surface area contributed by atoms with Crippen molar-refractivity contribution in [1.29, 1.82) is 0 Å². The summed E-state index contributed by atoms with van der Waals surface area (Å²) in [6, 6.07) is 3.41. The number of hydrogen-bond acceptors (Lipinski definition) is 6. The SMILES string of the molecule is CC(C)C(=O)Nc1nc(CC(=O)NNC(=O)c2ccc(Br)s2)cs1. The number of thiazole rings is 1. The van der Waals surface area contributed by atoms with Crippen molar-refractivity contribution in [3.63, 3.8) is 0 Å². The van der Waals surface area contributed by atoms with Crippen LogP contribution in [0.3, 0.4) is 0 Å². The smallest absolute Gasteiger partial charge is 0.279 e. The number of carbonyl (C=O) groups excluding carboxylic acids is 3. The summed E-state index contributed by atoms with van der Waals surface area (Å²) < 4.78 is 0.831. The van der Waals surface area contributed by atoms with Gasteiger partial charge in [-0.2, -0.15) is 0 Å². The molecular formula is C14H15BrN4O3S2. The maximum atomic E-state index is 11.8. The van der Waals surface area contributed by atoms with Gasteiger partial charge >= 0.3 is 0 Å². The summed E-state index contributed by atoms with van der Waals surface area (Å²) in [6.45, 7) is 3.57. The van der Waals surface area contributed by atoms with Gasteiger partial charge < -0.3 is 5.32 Å². The largest absolute Gasteiger partial charge is 0.302 e. The Morgan fingerprint density at radius 1 is 1.25 bits per heavy atom. The third-order valence-corrected chi connectivity index (χ3v) is 5.19. The second kappa shape index (κ2) is 8.36. The van der Waals surface area contributed by atoms with Crippen molar-refractivity contribution < 1.29 is 14.4 Å². The third-order valence-electron chi connectivity index (χ3n) is 2.76. The Hall–Kier alpha value is -1.78. The van der Waals surface area contributed by atoms with Gasteiger partial charge in [0.25, 0.3) is 5.91 Å². The van der Waals surface area contributed by atoms with E-state index < -0.39 is 5.91 Å². The molecule has 0 aliphatic heterocycles. The molecule has 10 heteroatoms. The van der Waals surface area contributed by atoms with Crippen molar-refractivity contribution in [1.82, 2.24) is 15.8 Å². The highest BCUT2D eigenvalue weighted by Crippen LogP contribution is 2.21. The molecule has 0 spiro atoms. The van der Waals surface area contributed by atoms with Crippen LogP contribution in [0.5, 0.6) is 0 Å². The monoisotopic (exact) mass is 430 g/mol. The van der Waals surface area contributed by atoms with E-state index in [9.17, 15) is 14.4 Å². The number of carbonyl (C=O) groups is 3. The quantitative estimate of drug-likeness (QED) is 0.634. The van der Waals surface area contributed by atoms with Crippen LogP contribution in [0, 0.1) is 5.92 Å². The Morgan fingerprint density at radius 2 is 2.00 bits per heavy atom. The number of nitrogens with one attached hydrogen (secondary N) is 3. The topological polar surface area (TPSA) is 100 Å². The molecule has 2 aromatic rings. The summed E-state index contributed by atoms with van der Waals surface area (Å²) in [5, 5.41) is 4.81. The van der Waals surface area contributed by atoms with Crippen LogP contribution in [0.25, 0.3) is 0 Å². The maximum Gasteiger partial charge on any atom is 0.279 e. The molecule has 0 fully saturated rings. The number of anilines is 1. The van der Waals surface area contributed by atoms with E-state index in [1.54, 1.807) is 31.4 Å². The van der Waals surface area contributed by atoms with Gasteiger partial charge in [-0.25, -0.2) is 4.98 Å². The fraction of sp³-hybridized carbons (Fsp3) is 0.286. The minimum absolute atomic E-state index is 0.00244. The standard InChI is InChI=1S/C14H15BrN4O3S2/c1-7(2)12(21)17-14-16-8(6-23-14)5-11(20)18-19-13(22)9-3-4-10(15)24-9/h3-4,6-7H,5H2,1-2H3,(H,18,20)(H,19,22)(H,16,17,21). The molecule has 3 amide bonds. The molecule has 24 heavy (non-hydrogen) atoms. The highest BCUT2D eigenvalue weighted by molar-refractivity contribution is 9.11. The van der Waals surface area contributed by atoms with Gasteiger partial charge in [0.2, 0.25) is 11.8 Å². The summed E-state index contributed by atoms with van der Waals surface area (Å²) in [5.74, 6) is -1.06. The Morgan fingerprint density at radius 3 is 2.62 bits per heavy atom. The molecule has 0 unspecified atom stereocenters. The number of hydrogen-bond donors (Lipinski definition) is 3. The average Bonchev–Trinajstić information content (AvgIpc) is 3.14. The second-order valence-electron chi connectivity index (χ2n) is 5.07. The molecule has 0 atom stereocenters. The molecule has 2 aromatic heterocycles. The van der Waals surface area contributed by atoms with Crippen LogP contribution in [0.1, 0.15) is 29.2 Å². The van der Waals surface area contributed by atoms with Gasteiger partial charge in [0.1, 0.15) is 0 Å². The average molecular weight is 431 g/mol. The first-order chi connectivity index (χ1) is 11.3. The van der Waals surface area contributed by atoms with Crippen molar-refractivity contribution in [2.45, 2.75) is 20.3 Å². The van der Waals surface area contributed by atoms with E-state index in [0.29, 0.717) is 15.7 Å². The van der Waals surface area contributed by atoms with Crippen molar-refractivity contribution in [2.75, 3.05) is 5.32 Å². The number of thiophene rings is 1. The van der Waals surface area contributed by atoms with E-state index in [0.717, 1.165) is 3.79 Å². The Kier molecular flexibility index (Phi) is 6.46.